The molecule has 2 aromatic rings. The van der Waals surface area contributed by atoms with Gasteiger partial charge in [-0.2, -0.15) is 0 Å². The highest BCUT2D eigenvalue weighted by molar-refractivity contribution is 5.76. The standard InChI is InChI=1S/C22H29N3O3/c1-4-22(2,3)18-11-8-13-24(18)20(27)16-25-19(26)12-14-23(21(25)28)15-17-9-6-5-7-10-17/h5-7,9-10,12,14,18H,4,8,11,13,15-16H2,1-3H3. The van der Waals surface area contributed by atoms with Gasteiger partial charge in [-0.15, -0.1) is 0 Å². The van der Waals surface area contributed by atoms with E-state index in [0.717, 1.165) is 29.4 Å². The Bertz CT molecular complexity index is 943. The molecule has 0 bridgehead atoms. The Hall–Kier alpha value is -2.63. The maximum absolute atomic E-state index is 13.0. The van der Waals surface area contributed by atoms with Crippen LogP contribution in [0, 0.1) is 5.41 Å². The number of rotatable bonds is 6. The number of benzene rings is 1. The Morgan fingerprint density at radius 2 is 1.86 bits per heavy atom. The van der Waals surface area contributed by atoms with Crippen molar-refractivity contribution in [3.8, 4) is 0 Å². The van der Waals surface area contributed by atoms with E-state index >= 15 is 0 Å². The average Bonchev–Trinajstić information content (AvgIpc) is 3.19. The van der Waals surface area contributed by atoms with E-state index in [2.05, 4.69) is 20.8 Å². The molecule has 0 spiro atoms. The third-order valence-electron chi connectivity index (χ3n) is 6.02. The first-order valence-electron chi connectivity index (χ1n) is 9.97. The lowest BCUT2D eigenvalue weighted by Gasteiger charge is -2.37. The molecule has 0 saturated carbocycles. The van der Waals surface area contributed by atoms with E-state index in [1.807, 2.05) is 35.2 Å². The van der Waals surface area contributed by atoms with Crippen LogP contribution in [0.3, 0.4) is 0 Å². The van der Waals surface area contributed by atoms with Crippen LogP contribution in [0.5, 0.6) is 0 Å². The molecule has 1 saturated heterocycles. The molecule has 6 heteroatoms. The first kappa shape index (κ1) is 20.1. The molecule has 1 fully saturated rings. The number of nitrogens with zero attached hydrogens (tertiary/aromatic N) is 3. The van der Waals surface area contributed by atoms with E-state index < -0.39 is 11.2 Å². The lowest BCUT2D eigenvalue weighted by molar-refractivity contribution is -0.135. The lowest BCUT2D eigenvalue weighted by atomic mass is 9.80. The predicted molar refractivity (Wildman–Crippen MR) is 109 cm³/mol. The summed E-state index contributed by atoms with van der Waals surface area (Å²) in [5.74, 6) is -0.152. The van der Waals surface area contributed by atoms with Crippen LogP contribution in [0.4, 0.5) is 0 Å². The highest BCUT2D eigenvalue weighted by atomic mass is 16.2. The molecule has 6 nitrogen and oxygen atoms in total. The quantitative estimate of drug-likeness (QED) is 0.770. The maximum Gasteiger partial charge on any atom is 0.331 e. The van der Waals surface area contributed by atoms with Crippen LogP contribution in [0.25, 0.3) is 0 Å². The van der Waals surface area contributed by atoms with Gasteiger partial charge in [0.1, 0.15) is 6.54 Å². The van der Waals surface area contributed by atoms with E-state index in [-0.39, 0.29) is 23.9 Å². The molecule has 1 atom stereocenters. The van der Waals surface area contributed by atoms with Gasteiger partial charge in [0.25, 0.3) is 5.56 Å². The maximum atomic E-state index is 13.0. The van der Waals surface area contributed by atoms with Crippen molar-refractivity contribution in [1.82, 2.24) is 14.0 Å². The zero-order valence-corrected chi connectivity index (χ0v) is 16.9. The third kappa shape index (κ3) is 4.11. The zero-order chi connectivity index (χ0) is 20.3. The number of carbonyl (C=O) groups is 1. The van der Waals surface area contributed by atoms with Crippen molar-refractivity contribution in [3.05, 3.63) is 69.0 Å². The number of likely N-dealkylation sites (tertiary alicyclic amines) is 1. The molecule has 1 aliphatic rings. The average molecular weight is 383 g/mol. The summed E-state index contributed by atoms with van der Waals surface area (Å²) < 4.78 is 2.53. The fraction of sp³-hybridized carbons (Fsp3) is 0.500. The van der Waals surface area contributed by atoms with Gasteiger partial charge in [0, 0.05) is 24.8 Å². The molecule has 1 aromatic heterocycles. The fourth-order valence-electron chi connectivity index (χ4n) is 3.94. The molecule has 0 radical (unpaired) electrons. The zero-order valence-electron chi connectivity index (χ0n) is 16.9. The highest BCUT2D eigenvalue weighted by Gasteiger charge is 2.38. The first-order chi connectivity index (χ1) is 13.3. The summed E-state index contributed by atoms with van der Waals surface area (Å²) in [6.07, 6.45) is 4.39. The van der Waals surface area contributed by atoms with Gasteiger partial charge in [0.05, 0.1) is 6.54 Å². The predicted octanol–water partition coefficient (Wildman–Crippen LogP) is 2.49. The minimum Gasteiger partial charge on any atom is -0.338 e. The number of amides is 1. The normalized spacial score (nSPS) is 17.1. The summed E-state index contributed by atoms with van der Waals surface area (Å²) in [5, 5.41) is 0. The monoisotopic (exact) mass is 383 g/mol. The van der Waals surface area contributed by atoms with Crippen molar-refractivity contribution in [2.24, 2.45) is 5.41 Å². The van der Waals surface area contributed by atoms with Crippen LogP contribution in [0.2, 0.25) is 0 Å². The van der Waals surface area contributed by atoms with E-state index in [4.69, 9.17) is 0 Å². The highest BCUT2D eigenvalue weighted by Crippen LogP contribution is 2.35. The topological polar surface area (TPSA) is 64.3 Å². The van der Waals surface area contributed by atoms with Crippen LogP contribution in [-0.2, 0) is 17.9 Å². The van der Waals surface area contributed by atoms with Crippen molar-refractivity contribution in [3.63, 3.8) is 0 Å². The van der Waals surface area contributed by atoms with Gasteiger partial charge in [-0.05, 0) is 30.2 Å². The first-order valence-corrected chi connectivity index (χ1v) is 9.97. The lowest BCUT2D eigenvalue weighted by Crippen LogP contribution is -2.48. The van der Waals surface area contributed by atoms with E-state index in [0.29, 0.717) is 13.1 Å². The van der Waals surface area contributed by atoms with Gasteiger partial charge in [0.2, 0.25) is 5.91 Å². The van der Waals surface area contributed by atoms with Crippen LogP contribution < -0.4 is 11.2 Å². The van der Waals surface area contributed by atoms with E-state index in [1.165, 1.54) is 16.8 Å². The smallest absolute Gasteiger partial charge is 0.331 e. The molecular formula is C22H29N3O3. The van der Waals surface area contributed by atoms with Gasteiger partial charge >= 0.3 is 5.69 Å². The third-order valence-corrected chi connectivity index (χ3v) is 6.02. The number of hydrogen-bond acceptors (Lipinski definition) is 3. The van der Waals surface area contributed by atoms with Gasteiger partial charge in [-0.1, -0.05) is 51.1 Å². The fourth-order valence-corrected chi connectivity index (χ4v) is 3.94. The van der Waals surface area contributed by atoms with Gasteiger partial charge in [0.15, 0.2) is 0 Å². The Morgan fingerprint density at radius 1 is 1.14 bits per heavy atom. The Balaban J connectivity index is 1.84. The second-order valence-corrected chi connectivity index (χ2v) is 8.22. The van der Waals surface area contributed by atoms with Gasteiger partial charge in [-0.3, -0.25) is 18.7 Å². The van der Waals surface area contributed by atoms with E-state index in [1.54, 1.807) is 0 Å². The van der Waals surface area contributed by atoms with Gasteiger partial charge < -0.3 is 4.90 Å². The van der Waals surface area contributed by atoms with Crippen molar-refractivity contribution in [2.45, 2.75) is 59.2 Å². The summed E-state index contributed by atoms with van der Waals surface area (Å²) in [4.78, 5) is 40.0. The van der Waals surface area contributed by atoms with Crippen molar-refractivity contribution in [2.75, 3.05) is 6.54 Å². The van der Waals surface area contributed by atoms with Crippen LogP contribution in [-0.4, -0.2) is 32.5 Å². The SMILES string of the molecule is CCC(C)(C)C1CCCN1C(=O)Cn1c(=O)ccn(Cc2ccccc2)c1=O. The Labute approximate surface area is 165 Å². The van der Waals surface area contributed by atoms with E-state index in [9.17, 15) is 14.4 Å². The molecule has 28 heavy (non-hydrogen) atoms. The molecule has 1 aromatic carbocycles. The van der Waals surface area contributed by atoms with Crippen molar-refractivity contribution < 1.29 is 4.79 Å². The van der Waals surface area contributed by atoms with Crippen molar-refractivity contribution >= 4 is 5.91 Å². The van der Waals surface area contributed by atoms with Crippen molar-refractivity contribution in [1.29, 1.82) is 0 Å². The molecule has 1 amide bonds. The van der Waals surface area contributed by atoms with Crippen LogP contribution in [0.15, 0.2) is 52.2 Å². The molecule has 1 aliphatic heterocycles. The summed E-state index contributed by atoms with van der Waals surface area (Å²) in [6.45, 7) is 7.32. The van der Waals surface area contributed by atoms with Crippen LogP contribution >= 0.6 is 0 Å². The minimum absolute atomic E-state index is 0.0152. The summed E-state index contributed by atoms with van der Waals surface area (Å²) in [6, 6.07) is 11.1. The Morgan fingerprint density at radius 3 is 2.54 bits per heavy atom. The second-order valence-electron chi connectivity index (χ2n) is 8.22. The molecule has 3 rings (SSSR count). The molecule has 0 N–H and O–H groups in total. The number of carbonyl (C=O) groups excluding carboxylic acids is 1. The molecule has 150 valence electrons. The van der Waals surface area contributed by atoms with Gasteiger partial charge in [-0.25, -0.2) is 4.79 Å². The molecular weight excluding hydrogens is 354 g/mol. The Kier molecular flexibility index (Phi) is 5.87. The summed E-state index contributed by atoms with van der Waals surface area (Å²) in [5.41, 5.74) is 0.0928. The molecule has 1 unspecified atom stereocenters. The molecule has 0 aliphatic carbocycles. The molecule has 2 heterocycles. The number of aromatic nitrogens is 2. The number of hydrogen-bond donors (Lipinski definition) is 0. The second kappa shape index (κ2) is 8.17. The summed E-state index contributed by atoms with van der Waals surface area (Å²) in [7, 11) is 0. The summed E-state index contributed by atoms with van der Waals surface area (Å²) >= 11 is 0. The minimum atomic E-state index is -0.449. The van der Waals surface area contributed by atoms with Crippen LogP contribution in [0.1, 0.15) is 45.6 Å². The largest absolute Gasteiger partial charge is 0.338 e.